The average Bonchev–Trinajstić information content (AvgIpc) is 2.86. The summed E-state index contributed by atoms with van der Waals surface area (Å²) in [5, 5.41) is 3.52. The van der Waals surface area contributed by atoms with Gasteiger partial charge in [0.05, 0.1) is 0 Å². The maximum Gasteiger partial charge on any atom is 0.123 e. The predicted molar refractivity (Wildman–Crippen MR) is 85.0 cm³/mol. The Morgan fingerprint density at radius 3 is 2.50 bits per heavy atom. The van der Waals surface area contributed by atoms with E-state index < -0.39 is 0 Å². The van der Waals surface area contributed by atoms with Gasteiger partial charge in [0.2, 0.25) is 0 Å². The van der Waals surface area contributed by atoms with Crippen LogP contribution in [0.15, 0.2) is 30.3 Å². The van der Waals surface area contributed by atoms with Crippen molar-refractivity contribution < 1.29 is 4.39 Å². The summed E-state index contributed by atoms with van der Waals surface area (Å²) in [6.07, 6.45) is 2.05. The molecule has 1 heterocycles. The molecule has 3 heteroatoms. The zero-order chi connectivity index (χ0) is 14.5. The molecule has 1 atom stereocenters. The average molecular weight is 291 g/mol. The highest BCUT2D eigenvalue weighted by Crippen LogP contribution is 2.26. The van der Waals surface area contributed by atoms with E-state index in [0.29, 0.717) is 0 Å². The second kappa shape index (κ2) is 7.00. The quantitative estimate of drug-likeness (QED) is 0.817. The Hall–Kier alpha value is -1.19. The van der Waals surface area contributed by atoms with Gasteiger partial charge in [0, 0.05) is 22.2 Å². The molecule has 1 N–H and O–H groups in total. The molecule has 1 unspecified atom stereocenters. The third-order valence-corrected chi connectivity index (χ3v) is 4.78. The first-order valence-corrected chi connectivity index (χ1v) is 8.02. The second-order valence-electron chi connectivity index (χ2n) is 5.04. The zero-order valence-electron chi connectivity index (χ0n) is 12.4. The number of aryl methyl sites for hydroxylation is 2. The predicted octanol–water partition coefficient (Wildman–Crippen LogP) is 4.65. The molecule has 0 radical (unpaired) electrons. The normalized spacial score (nSPS) is 12.6. The van der Waals surface area contributed by atoms with Crippen molar-refractivity contribution >= 4 is 11.3 Å². The van der Waals surface area contributed by atoms with Gasteiger partial charge < -0.3 is 5.32 Å². The van der Waals surface area contributed by atoms with Gasteiger partial charge in [-0.25, -0.2) is 4.39 Å². The fraction of sp³-hybridized carbons (Fsp3) is 0.412. The van der Waals surface area contributed by atoms with Crippen LogP contribution in [0.25, 0.3) is 0 Å². The molecule has 0 aliphatic carbocycles. The van der Waals surface area contributed by atoms with Crippen LogP contribution in [0.3, 0.4) is 0 Å². The van der Waals surface area contributed by atoms with E-state index >= 15 is 0 Å². The largest absolute Gasteiger partial charge is 0.310 e. The minimum Gasteiger partial charge on any atom is -0.310 e. The van der Waals surface area contributed by atoms with Crippen LogP contribution < -0.4 is 5.32 Å². The first-order chi connectivity index (χ1) is 9.63. The van der Waals surface area contributed by atoms with E-state index in [1.165, 1.54) is 15.3 Å². The van der Waals surface area contributed by atoms with Crippen LogP contribution >= 0.6 is 11.3 Å². The van der Waals surface area contributed by atoms with Crippen molar-refractivity contribution in [1.82, 2.24) is 5.32 Å². The van der Waals surface area contributed by atoms with Crippen molar-refractivity contribution in [2.75, 3.05) is 6.54 Å². The van der Waals surface area contributed by atoms with Crippen molar-refractivity contribution in [3.63, 3.8) is 0 Å². The Kier molecular flexibility index (Phi) is 5.32. The zero-order valence-corrected chi connectivity index (χ0v) is 13.2. The lowest BCUT2D eigenvalue weighted by Gasteiger charge is -2.20. The van der Waals surface area contributed by atoms with E-state index in [-0.39, 0.29) is 11.9 Å². The molecule has 1 aromatic carbocycles. The topological polar surface area (TPSA) is 12.0 Å². The van der Waals surface area contributed by atoms with Crippen LogP contribution in [-0.4, -0.2) is 6.54 Å². The highest BCUT2D eigenvalue weighted by molar-refractivity contribution is 7.11. The van der Waals surface area contributed by atoms with E-state index in [1.54, 1.807) is 12.1 Å². The molecular weight excluding hydrogens is 269 g/mol. The summed E-state index contributed by atoms with van der Waals surface area (Å²) < 4.78 is 13.3. The summed E-state index contributed by atoms with van der Waals surface area (Å²) in [4.78, 5) is 2.81. The van der Waals surface area contributed by atoms with Gasteiger partial charge in [-0.3, -0.25) is 0 Å². The van der Waals surface area contributed by atoms with Gasteiger partial charge in [0.25, 0.3) is 0 Å². The van der Waals surface area contributed by atoms with Gasteiger partial charge in [0.15, 0.2) is 0 Å². The number of rotatable bonds is 6. The Morgan fingerprint density at radius 1 is 1.15 bits per heavy atom. The Balaban J connectivity index is 2.21. The van der Waals surface area contributed by atoms with Crippen molar-refractivity contribution in [2.24, 2.45) is 0 Å². The summed E-state index contributed by atoms with van der Waals surface area (Å²) >= 11 is 1.88. The summed E-state index contributed by atoms with van der Waals surface area (Å²) in [6, 6.07) is 9.76. The van der Waals surface area contributed by atoms with Crippen molar-refractivity contribution in [2.45, 2.75) is 39.7 Å². The number of likely N-dealkylation sites (N-methyl/N-ethyl adjacent to an activating group) is 1. The maximum absolute atomic E-state index is 13.3. The van der Waals surface area contributed by atoms with Gasteiger partial charge in [-0.1, -0.05) is 19.9 Å². The Labute approximate surface area is 124 Å². The van der Waals surface area contributed by atoms with Gasteiger partial charge in [-0.15, -0.1) is 11.3 Å². The molecule has 0 bridgehead atoms. The van der Waals surface area contributed by atoms with Gasteiger partial charge >= 0.3 is 0 Å². The Bertz CT molecular complexity index is 562. The third kappa shape index (κ3) is 3.68. The SMILES string of the molecule is CCNC(Cc1ccc(CC)s1)c1ccc(F)cc1C. The highest BCUT2D eigenvalue weighted by Gasteiger charge is 2.15. The summed E-state index contributed by atoms with van der Waals surface area (Å²) in [5.41, 5.74) is 2.21. The molecule has 0 aliphatic rings. The van der Waals surface area contributed by atoms with Crippen LogP contribution in [-0.2, 0) is 12.8 Å². The first-order valence-electron chi connectivity index (χ1n) is 7.21. The van der Waals surface area contributed by atoms with Gasteiger partial charge in [0.1, 0.15) is 5.82 Å². The minimum atomic E-state index is -0.161. The van der Waals surface area contributed by atoms with E-state index in [1.807, 2.05) is 24.3 Å². The fourth-order valence-electron chi connectivity index (χ4n) is 2.49. The lowest BCUT2D eigenvalue weighted by Crippen LogP contribution is -2.23. The molecule has 1 aromatic heterocycles. The molecule has 0 fully saturated rings. The summed E-state index contributed by atoms with van der Waals surface area (Å²) in [5.74, 6) is -0.161. The van der Waals surface area contributed by atoms with Crippen LogP contribution in [0.1, 0.15) is 40.8 Å². The summed E-state index contributed by atoms with van der Waals surface area (Å²) in [6.45, 7) is 7.18. The van der Waals surface area contributed by atoms with Crippen LogP contribution in [0.4, 0.5) is 4.39 Å². The smallest absolute Gasteiger partial charge is 0.123 e. The number of hydrogen-bond donors (Lipinski definition) is 1. The fourth-order valence-corrected chi connectivity index (χ4v) is 3.50. The van der Waals surface area contributed by atoms with Crippen LogP contribution in [0.5, 0.6) is 0 Å². The standard InChI is InChI=1S/C17H22FNS/c1-4-14-7-8-15(20-14)11-17(19-5-2)16-9-6-13(18)10-12(16)3/h6-10,17,19H,4-5,11H2,1-3H3. The molecule has 0 spiro atoms. The maximum atomic E-state index is 13.3. The van der Waals surface area contributed by atoms with E-state index in [4.69, 9.17) is 0 Å². The molecule has 108 valence electrons. The van der Waals surface area contributed by atoms with Crippen molar-refractivity contribution in [3.8, 4) is 0 Å². The second-order valence-corrected chi connectivity index (χ2v) is 6.29. The number of nitrogens with one attached hydrogen (secondary N) is 1. The van der Waals surface area contributed by atoms with Gasteiger partial charge in [-0.05, 0) is 55.3 Å². The molecule has 0 amide bonds. The minimum absolute atomic E-state index is 0.161. The molecule has 2 aromatic rings. The highest BCUT2D eigenvalue weighted by atomic mass is 32.1. The molecule has 0 saturated heterocycles. The number of halogens is 1. The molecule has 0 aliphatic heterocycles. The number of benzene rings is 1. The third-order valence-electron chi connectivity index (χ3n) is 3.53. The van der Waals surface area contributed by atoms with Crippen molar-refractivity contribution in [1.29, 1.82) is 0 Å². The van der Waals surface area contributed by atoms with Crippen LogP contribution in [0.2, 0.25) is 0 Å². The lowest BCUT2D eigenvalue weighted by atomic mass is 9.98. The van der Waals surface area contributed by atoms with E-state index in [0.717, 1.165) is 24.9 Å². The van der Waals surface area contributed by atoms with E-state index in [9.17, 15) is 4.39 Å². The van der Waals surface area contributed by atoms with Gasteiger partial charge in [-0.2, -0.15) is 0 Å². The van der Waals surface area contributed by atoms with Crippen molar-refractivity contribution in [3.05, 3.63) is 57.0 Å². The summed E-state index contributed by atoms with van der Waals surface area (Å²) in [7, 11) is 0. The first kappa shape index (κ1) is 15.2. The Morgan fingerprint density at radius 2 is 1.90 bits per heavy atom. The number of thiophene rings is 1. The molecule has 0 saturated carbocycles. The van der Waals surface area contributed by atoms with Crippen LogP contribution in [0, 0.1) is 12.7 Å². The lowest BCUT2D eigenvalue weighted by molar-refractivity contribution is 0.548. The molecule has 20 heavy (non-hydrogen) atoms. The molecule has 1 nitrogen and oxygen atoms in total. The number of hydrogen-bond acceptors (Lipinski definition) is 2. The molecular formula is C17H22FNS. The van der Waals surface area contributed by atoms with E-state index in [2.05, 4.69) is 31.3 Å². The monoisotopic (exact) mass is 291 g/mol. The molecule has 2 rings (SSSR count).